The van der Waals surface area contributed by atoms with Crippen molar-refractivity contribution in [2.24, 2.45) is 5.92 Å². The maximum atomic E-state index is 12.4. The highest BCUT2D eigenvalue weighted by atomic mass is 79.9. The normalized spacial score (nSPS) is 25.4. The number of halogens is 2. The second-order valence-corrected chi connectivity index (χ2v) is 6.97. The van der Waals surface area contributed by atoms with Gasteiger partial charge in [-0.25, -0.2) is 4.79 Å². The summed E-state index contributed by atoms with van der Waals surface area (Å²) in [7, 11) is 0. The van der Waals surface area contributed by atoms with Gasteiger partial charge in [0.25, 0.3) is 5.91 Å². The van der Waals surface area contributed by atoms with E-state index in [4.69, 9.17) is 11.6 Å². The van der Waals surface area contributed by atoms with E-state index in [0.29, 0.717) is 23.8 Å². The molecule has 0 saturated heterocycles. The van der Waals surface area contributed by atoms with Crippen molar-refractivity contribution in [3.05, 3.63) is 33.3 Å². The van der Waals surface area contributed by atoms with Gasteiger partial charge >= 0.3 is 5.97 Å². The van der Waals surface area contributed by atoms with Gasteiger partial charge in [0.15, 0.2) is 0 Å². The fourth-order valence-electron chi connectivity index (χ4n) is 2.60. The summed E-state index contributed by atoms with van der Waals surface area (Å²) in [5.41, 5.74) is -0.903. The molecule has 1 aliphatic carbocycles. The monoisotopic (exact) mass is 373 g/mol. The Bertz CT molecular complexity index is 568. The average Bonchev–Trinajstić information content (AvgIpc) is 2.44. The van der Waals surface area contributed by atoms with Crippen molar-refractivity contribution in [2.75, 3.05) is 0 Å². The molecular weight excluding hydrogens is 358 g/mol. The van der Waals surface area contributed by atoms with Crippen molar-refractivity contribution >= 4 is 39.4 Å². The van der Waals surface area contributed by atoms with Gasteiger partial charge in [0.05, 0.1) is 10.6 Å². The first-order chi connectivity index (χ1) is 9.84. The third-order valence-corrected chi connectivity index (χ3v) is 4.89. The Morgan fingerprint density at radius 1 is 1.38 bits per heavy atom. The van der Waals surface area contributed by atoms with Crippen LogP contribution in [0.5, 0.6) is 0 Å². The maximum absolute atomic E-state index is 12.4. The number of carboxylic acid groups (broad SMARTS) is 1. The lowest BCUT2D eigenvalue weighted by Crippen LogP contribution is -2.56. The molecule has 21 heavy (non-hydrogen) atoms. The van der Waals surface area contributed by atoms with Crippen molar-refractivity contribution in [3.63, 3.8) is 0 Å². The summed E-state index contributed by atoms with van der Waals surface area (Å²) in [4.78, 5) is 24.0. The molecule has 0 radical (unpaired) electrons. The third kappa shape index (κ3) is 3.58. The summed E-state index contributed by atoms with van der Waals surface area (Å²) >= 11 is 9.31. The van der Waals surface area contributed by atoms with Crippen LogP contribution in [0, 0.1) is 5.92 Å². The van der Waals surface area contributed by atoms with Crippen LogP contribution in [0.15, 0.2) is 22.7 Å². The molecule has 6 heteroatoms. The maximum Gasteiger partial charge on any atom is 0.329 e. The standard InChI is InChI=1S/C15H17BrClNO3/c1-9-4-6-15(7-5-9,14(20)21)18-13(19)11-8-10(16)2-3-12(11)17/h2-3,8-9H,4-7H2,1H3,(H,18,19)(H,20,21). The fourth-order valence-corrected chi connectivity index (χ4v) is 3.17. The lowest BCUT2D eigenvalue weighted by atomic mass is 9.77. The summed E-state index contributed by atoms with van der Waals surface area (Å²) in [5, 5.41) is 12.5. The second kappa shape index (κ2) is 6.36. The highest BCUT2D eigenvalue weighted by Gasteiger charge is 2.42. The van der Waals surface area contributed by atoms with Crippen LogP contribution in [0.1, 0.15) is 43.0 Å². The molecule has 2 rings (SSSR count). The van der Waals surface area contributed by atoms with Crippen molar-refractivity contribution in [1.29, 1.82) is 0 Å². The molecule has 4 nitrogen and oxygen atoms in total. The Hall–Kier alpha value is -1.07. The van der Waals surface area contributed by atoms with Crippen molar-refractivity contribution in [2.45, 2.75) is 38.1 Å². The molecule has 1 aromatic rings. The van der Waals surface area contributed by atoms with Crippen LogP contribution in [0.4, 0.5) is 0 Å². The van der Waals surface area contributed by atoms with Gasteiger partial charge in [-0.2, -0.15) is 0 Å². The van der Waals surface area contributed by atoms with Crippen molar-refractivity contribution < 1.29 is 14.7 Å². The minimum absolute atomic E-state index is 0.283. The zero-order chi connectivity index (χ0) is 15.6. The van der Waals surface area contributed by atoms with Crippen LogP contribution < -0.4 is 5.32 Å². The van der Waals surface area contributed by atoms with Gasteiger partial charge in [0.2, 0.25) is 0 Å². The Morgan fingerprint density at radius 2 is 2.00 bits per heavy atom. The van der Waals surface area contributed by atoms with E-state index < -0.39 is 17.4 Å². The van der Waals surface area contributed by atoms with Crippen LogP contribution in [-0.2, 0) is 4.79 Å². The first-order valence-corrected chi connectivity index (χ1v) is 8.02. The number of aliphatic carboxylic acids is 1. The molecule has 0 aliphatic heterocycles. The quantitative estimate of drug-likeness (QED) is 0.844. The Labute approximate surface area is 137 Å². The minimum atomic E-state index is -1.19. The van der Waals surface area contributed by atoms with E-state index in [1.807, 2.05) is 0 Å². The number of hydrogen-bond acceptors (Lipinski definition) is 2. The van der Waals surface area contributed by atoms with Gasteiger partial charge in [-0.1, -0.05) is 34.5 Å². The van der Waals surface area contributed by atoms with Crippen LogP contribution in [-0.4, -0.2) is 22.5 Å². The molecule has 114 valence electrons. The van der Waals surface area contributed by atoms with E-state index in [2.05, 4.69) is 28.2 Å². The highest BCUT2D eigenvalue weighted by Crippen LogP contribution is 2.33. The van der Waals surface area contributed by atoms with Gasteiger partial charge in [0.1, 0.15) is 5.54 Å². The Balaban J connectivity index is 2.23. The van der Waals surface area contributed by atoms with E-state index >= 15 is 0 Å². The molecule has 0 atom stereocenters. The van der Waals surface area contributed by atoms with Crippen LogP contribution in [0.25, 0.3) is 0 Å². The molecule has 0 bridgehead atoms. The van der Waals surface area contributed by atoms with Crippen LogP contribution in [0.2, 0.25) is 5.02 Å². The first-order valence-electron chi connectivity index (χ1n) is 6.85. The molecule has 0 aromatic heterocycles. The zero-order valence-corrected chi connectivity index (χ0v) is 14.0. The second-order valence-electron chi connectivity index (χ2n) is 5.65. The van der Waals surface area contributed by atoms with Crippen LogP contribution >= 0.6 is 27.5 Å². The Morgan fingerprint density at radius 3 is 2.57 bits per heavy atom. The number of hydrogen-bond donors (Lipinski definition) is 2. The van der Waals surface area contributed by atoms with Crippen molar-refractivity contribution in [3.8, 4) is 0 Å². The molecule has 0 unspecified atom stereocenters. The van der Waals surface area contributed by atoms with E-state index in [1.165, 1.54) is 0 Å². The summed E-state index contributed by atoms with van der Waals surface area (Å²) in [6.07, 6.45) is 2.47. The number of amides is 1. The third-order valence-electron chi connectivity index (χ3n) is 4.06. The molecule has 1 aromatic carbocycles. The summed E-state index contributed by atoms with van der Waals surface area (Å²) < 4.78 is 0.721. The van der Waals surface area contributed by atoms with Crippen LogP contribution in [0.3, 0.4) is 0 Å². The molecule has 1 saturated carbocycles. The highest BCUT2D eigenvalue weighted by molar-refractivity contribution is 9.10. The lowest BCUT2D eigenvalue weighted by Gasteiger charge is -2.36. The predicted molar refractivity (Wildman–Crippen MR) is 84.6 cm³/mol. The summed E-state index contributed by atoms with van der Waals surface area (Å²) in [5.74, 6) is -0.934. The van der Waals surface area contributed by atoms with Gasteiger partial charge in [-0.15, -0.1) is 0 Å². The zero-order valence-electron chi connectivity index (χ0n) is 11.7. The fraction of sp³-hybridized carbons (Fsp3) is 0.467. The lowest BCUT2D eigenvalue weighted by molar-refractivity contribution is -0.146. The average molecular weight is 375 g/mol. The summed E-state index contributed by atoms with van der Waals surface area (Å²) in [6.45, 7) is 2.10. The number of carbonyl (C=O) groups is 2. The topological polar surface area (TPSA) is 66.4 Å². The molecule has 0 heterocycles. The van der Waals surface area contributed by atoms with E-state index in [1.54, 1.807) is 18.2 Å². The number of carboxylic acids is 1. The number of rotatable bonds is 3. The smallest absolute Gasteiger partial charge is 0.329 e. The van der Waals surface area contributed by atoms with Gasteiger partial charge < -0.3 is 10.4 Å². The van der Waals surface area contributed by atoms with Gasteiger partial charge in [-0.05, 0) is 49.8 Å². The Kier molecular flexibility index (Phi) is 4.94. The number of benzene rings is 1. The molecule has 2 N–H and O–H groups in total. The number of nitrogens with one attached hydrogen (secondary N) is 1. The molecule has 1 amide bonds. The van der Waals surface area contributed by atoms with Gasteiger partial charge in [-0.3, -0.25) is 4.79 Å². The van der Waals surface area contributed by atoms with Crippen molar-refractivity contribution in [1.82, 2.24) is 5.32 Å². The minimum Gasteiger partial charge on any atom is -0.480 e. The van der Waals surface area contributed by atoms with E-state index in [-0.39, 0.29) is 5.56 Å². The molecule has 0 spiro atoms. The SMILES string of the molecule is CC1CCC(NC(=O)c2cc(Br)ccc2Cl)(C(=O)O)CC1. The van der Waals surface area contributed by atoms with Gasteiger partial charge in [0, 0.05) is 4.47 Å². The summed E-state index contributed by atoms with van der Waals surface area (Å²) in [6, 6.07) is 4.93. The molecule has 1 aliphatic rings. The van der Waals surface area contributed by atoms with E-state index in [0.717, 1.165) is 17.3 Å². The molecular formula is C15H17BrClNO3. The predicted octanol–water partition coefficient (Wildman–Crippen LogP) is 3.87. The first kappa shape index (κ1) is 16.3. The molecule has 1 fully saturated rings. The van der Waals surface area contributed by atoms with E-state index in [9.17, 15) is 14.7 Å². The largest absolute Gasteiger partial charge is 0.480 e. The number of carbonyl (C=O) groups excluding carboxylic acids is 1.